The van der Waals surface area contributed by atoms with Crippen molar-refractivity contribution in [1.82, 2.24) is 14.5 Å². The zero-order chi connectivity index (χ0) is 34.5. The zero-order valence-electron chi connectivity index (χ0n) is 28.0. The Hall–Kier alpha value is -4.22. The molecule has 5 rings (SSSR count). The molecule has 1 fully saturated rings. The molecule has 0 bridgehead atoms. The van der Waals surface area contributed by atoms with Gasteiger partial charge in [0.2, 0.25) is 0 Å². The summed E-state index contributed by atoms with van der Waals surface area (Å²) < 4.78 is 22.2. The molecule has 12 heteroatoms. The predicted octanol–water partition coefficient (Wildman–Crippen LogP) is 6.96. The summed E-state index contributed by atoms with van der Waals surface area (Å²) in [6.07, 6.45) is 4.63. The summed E-state index contributed by atoms with van der Waals surface area (Å²) >= 11 is 6.77. The van der Waals surface area contributed by atoms with Gasteiger partial charge in [0, 0.05) is 25.7 Å². The second kappa shape index (κ2) is 12.8. The molecular weight excluding hydrogens is 625 g/mol. The number of rotatable bonds is 4. The van der Waals surface area contributed by atoms with Crippen LogP contribution in [-0.4, -0.2) is 62.8 Å². The Bertz CT molecular complexity index is 1790. The Labute approximate surface area is 279 Å². The molecule has 1 N–H and O–H groups in total. The van der Waals surface area contributed by atoms with Crippen LogP contribution < -0.4 is 15.7 Å². The first-order valence-corrected chi connectivity index (χ1v) is 16.1. The van der Waals surface area contributed by atoms with Crippen LogP contribution in [-0.2, 0) is 9.53 Å². The lowest BCUT2D eigenvalue weighted by Crippen LogP contribution is -2.55. The molecule has 0 unspecified atom stereocenters. The third kappa shape index (κ3) is 6.38. The standard InChI is InChI=1S/C35H41ClFN5O5/c1-19(2)22-11-9-12-23(20(3)4)29(22)41-32-24(17-25(36)30(42(32)46)28-26(37)13-10-14-27(28)43)31(38-33(41)44)40-16-15-39(18-21(40)5)34(45)47-35(6,7)8/h9-14,17,19-21,46H,15-16,18H2,1-8H3/b30-28-/t21-/m0/s1. The van der Waals surface area contributed by atoms with E-state index in [0.717, 1.165) is 17.2 Å². The highest BCUT2D eigenvalue weighted by atomic mass is 35.5. The number of fused-ring (bicyclic) bond motifs is 1. The molecule has 1 aliphatic carbocycles. The number of ether oxygens (including phenoxy) is 1. The Kier molecular flexibility index (Phi) is 9.27. The lowest BCUT2D eigenvalue weighted by atomic mass is 9.92. The van der Waals surface area contributed by atoms with E-state index in [1.54, 1.807) is 25.7 Å². The van der Waals surface area contributed by atoms with Crippen molar-refractivity contribution in [3.8, 4) is 5.69 Å². The number of anilines is 2. The monoisotopic (exact) mass is 665 g/mol. The number of amides is 1. The highest BCUT2D eigenvalue weighted by Gasteiger charge is 2.38. The largest absolute Gasteiger partial charge is 0.444 e. The van der Waals surface area contributed by atoms with Gasteiger partial charge in [-0.3, -0.25) is 10.0 Å². The molecule has 1 aromatic carbocycles. The van der Waals surface area contributed by atoms with Crippen LogP contribution in [0.15, 0.2) is 63.4 Å². The zero-order valence-corrected chi connectivity index (χ0v) is 28.7. The van der Waals surface area contributed by atoms with Gasteiger partial charge in [-0.05, 0) is 68.9 Å². The number of carbonyl (C=O) groups is 2. The van der Waals surface area contributed by atoms with Gasteiger partial charge in [-0.15, -0.1) is 0 Å². The molecule has 1 amide bonds. The lowest BCUT2D eigenvalue weighted by Gasteiger charge is -2.42. The number of hydroxylamine groups is 1. The van der Waals surface area contributed by atoms with E-state index in [2.05, 4.69) is 4.98 Å². The van der Waals surface area contributed by atoms with Crippen LogP contribution >= 0.6 is 11.6 Å². The van der Waals surface area contributed by atoms with Crippen LogP contribution in [0.4, 0.5) is 20.8 Å². The van der Waals surface area contributed by atoms with E-state index < -0.39 is 34.6 Å². The molecule has 3 aliphatic rings. The molecule has 3 heterocycles. The summed E-state index contributed by atoms with van der Waals surface area (Å²) in [5.74, 6) is -1.40. The number of piperazine rings is 1. The molecular formula is C35H41ClFN5O5. The molecule has 2 aliphatic heterocycles. The van der Waals surface area contributed by atoms with Crippen molar-refractivity contribution in [1.29, 1.82) is 0 Å². The van der Waals surface area contributed by atoms with Gasteiger partial charge in [0.15, 0.2) is 11.6 Å². The van der Waals surface area contributed by atoms with E-state index in [0.29, 0.717) is 29.4 Å². The number of hydrogen-bond acceptors (Lipinski definition) is 8. The normalized spacial score (nSPS) is 20.1. The van der Waals surface area contributed by atoms with Crippen LogP contribution in [0.1, 0.15) is 83.9 Å². The van der Waals surface area contributed by atoms with Crippen LogP contribution in [0.3, 0.4) is 0 Å². The van der Waals surface area contributed by atoms with Gasteiger partial charge in [-0.25, -0.2) is 23.6 Å². The fourth-order valence-corrected chi connectivity index (χ4v) is 6.45. The van der Waals surface area contributed by atoms with E-state index in [4.69, 9.17) is 16.3 Å². The second-order valence-electron chi connectivity index (χ2n) is 13.6. The Morgan fingerprint density at radius 2 is 1.74 bits per heavy atom. The van der Waals surface area contributed by atoms with E-state index in [9.17, 15) is 19.6 Å². The van der Waals surface area contributed by atoms with Gasteiger partial charge in [-0.1, -0.05) is 63.6 Å². The molecule has 250 valence electrons. The molecule has 1 aromatic heterocycles. The maximum atomic E-state index is 15.3. The summed E-state index contributed by atoms with van der Waals surface area (Å²) in [4.78, 5) is 48.2. The van der Waals surface area contributed by atoms with Crippen molar-refractivity contribution in [2.24, 2.45) is 0 Å². The Balaban J connectivity index is 1.77. The lowest BCUT2D eigenvalue weighted by molar-refractivity contribution is -0.111. The van der Waals surface area contributed by atoms with Gasteiger partial charge in [-0.2, -0.15) is 4.98 Å². The average Bonchev–Trinajstić information content (AvgIpc) is 2.97. The number of para-hydroxylation sites is 1. The number of carbonyl (C=O) groups excluding carboxylic acids is 2. The van der Waals surface area contributed by atoms with Crippen LogP contribution in [0.2, 0.25) is 0 Å². The van der Waals surface area contributed by atoms with Crippen LogP contribution in [0.5, 0.6) is 0 Å². The number of halogens is 2. The molecule has 1 atom stereocenters. The predicted molar refractivity (Wildman–Crippen MR) is 181 cm³/mol. The third-order valence-electron chi connectivity index (χ3n) is 8.33. The van der Waals surface area contributed by atoms with E-state index in [1.165, 1.54) is 22.8 Å². The fraction of sp³-hybridized carbons (Fsp3) is 0.429. The third-order valence-corrected chi connectivity index (χ3v) is 8.61. The quantitative estimate of drug-likeness (QED) is 0.349. The SMILES string of the molecule is CC(C)c1cccc(C(C)C)c1-n1c2c(c(N3CCN(C(=O)OC(C)(C)C)C[C@@H]3C)nc1=O)C=C(Cl)/C(=C1/C(=O)C=CC=C1F)N2O. The molecule has 2 aromatic rings. The Morgan fingerprint density at radius 1 is 1.11 bits per heavy atom. The molecule has 0 saturated carbocycles. The van der Waals surface area contributed by atoms with Crippen molar-refractivity contribution < 1.29 is 23.9 Å². The van der Waals surface area contributed by atoms with Gasteiger partial charge >= 0.3 is 11.8 Å². The number of allylic oxidation sites excluding steroid dienone is 6. The first-order chi connectivity index (χ1) is 22.0. The van der Waals surface area contributed by atoms with Gasteiger partial charge in [0.1, 0.15) is 22.9 Å². The van der Waals surface area contributed by atoms with Gasteiger partial charge in [0.25, 0.3) is 0 Å². The van der Waals surface area contributed by atoms with E-state index >= 15 is 4.39 Å². The summed E-state index contributed by atoms with van der Waals surface area (Å²) in [6, 6.07) is 5.44. The van der Waals surface area contributed by atoms with Crippen LogP contribution in [0.25, 0.3) is 11.8 Å². The Morgan fingerprint density at radius 3 is 2.30 bits per heavy atom. The number of benzene rings is 1. The number of nitrogens with zero attached hydrogens (tertiary/aromatic N) is 5. The summed E-state index contributed by atoms with van der Waals surface area (Å²) in [5, 5.41) is 12.5. The molecule has 0 spiro atoms. The second-order valence-corrected chi connectivity index (χ2v) is 14.0. The highest BCUT2D eigenvalue weighted by molar-refractivity contribution is 6.35. The average molecular weight is 666 g/mol. The maximum absolute atomic E-state index is 15.3. The first-order valence-electron chi connectivity index (χ1n) is 15.8. The minimum Gasteiger partial charge on any atom is -0.444 e. The molecule has 10 nitrogen and oxygen atoms in total. The first kappa shape index (κ1) is 34.1. The fourth-order valence-electron chi connectivity index (χ4n) is 6.17. The smallest absolute Gasteiger partial charge is 0.410 e. The summed E-state index contributed by atoms with van der Waals surface area (Å²) in [7, 11) is 0. The topological polar surface area (TPSA) is 108 Å². The van der Waals surface area contributed by atoms with Gasteiger partial charge < -0.3 is 14.5 Å². The van der Waals surface area contributed by atoms with E-state index in [-0.39, 0.29) is 46.8 Å². The summed E-state index contributed by atoms with van der Waals surface area (Å²) in [5.41, 5.74) is 0.448. The van der Waals surface area contributed by atoms with Crippen molar-refractivity contribution in [3.63, 3.8) is 0 Å². The number of hydrogen-bond donors (Lipinski definition) is 1. The number of aromatic nitrogens is 2. The summed E-state index contributed by atoms with van der Waals surface area (Å²) in [6.45, 7) is 16.2. The molecule has 47 heavy (non-hydrogen) atoms. The molecule has 1 saturated heterocycles. The van der Waals surface area contributed by atoms with Crippen molar-refractivity contribution >= 4 is 41.2 Å². The van der Waals surface area contributed by atoms with Crippen LogP contribution in [0, 0.1) is 0 Å². The minimum atomic E-state index is -0.873. The van der Waals surface area contributed by atoms with Crippen molar-refractivity contribution in [2.75, 3.05) is 29.6 Å². The van der Waals surface area contributed by atoms with Crippen molar-refractivity contribution in [2.45, 2.75) is 78.9 Å². The highest BCUT2D eigenvalue weighted by Crippen LogP contribution is 2.44. The van der Waals surface area contributed by atoms with E-state index in [1.807, 2.05) is 57.7 Å². The van der Waals surface area contributed by atoms with Gasteiger partial charge in [0.05, 0.1) is 21.9 Å². The van der Waals surface area contributed by atoms with Crippen molar-refractivity contribution in [3.05, 3.63) is 85.7 Å². The minimum absolute atomic E-state index is 0.0231. The molecule has 0 radical (unpaired) electrons. The number of ketones is 1. The maximum Gasteiger partial charge on any atom is 0.410 e.